The summed E-state index contributed by atoms with van der Waals surface area (Å²) < 4.78 is 23.0. The first kappa shape index (κ1) is 30.5. The summed E-state index contributed by atoms with van der Waals surface area (Å²) in [4.78, 5) is 18.7. The van der Waals surface area contributed by atoms with Gasteiger partial charge < -0.3 is 34.5 Å². The molecule has 5 rings (SSSR count). The van der Waals surface area contributed by atoms with Crippen molar-refractivity contribution in [2.45, 2.75) is 32.1 Å². The van der Waals surface area contributed by atoms with Crippen LogP contribution in [0.1, 0.15) is 48.0 Å². The third-order valence-corrected chi connectivity index (χ3v) is 7.85. The number of piperidine rings is 1. The van der Waals surface area contributed by atoms with Crippen LogP contribution in [0.5, 0.6) is 28.7 Å². The fourth-order valence-electron chi connectivity index (χ4n) is 5.78. The highest BCUT2D eigenvalue weighted by Crippen LogP contribution is 2.38. The van der Waals surface area contributed by atoms with Crippen LogP contribution < -0.4 is 24.3 Å². The Hall–Kier alpha value is -3.92. The number of ether oxygens (including phenoxy) is 4. The summed E-state index contributed by atoms with van der Waals surface area (Å²) in [6.45, 7) is 2.00. The van der Waals surface area contributed by atoms with Gasteiger partial charge in [-0.15, -0.1) is 0 Å². The number of Topliss-reactive ketones (excluding diaryl/α,β-unsaturated/α-hetero) is 1. The van der Waals surface area contributed by atoms with E-state index in [9.17, 15) is 15.0 Å². The van der Waals surface area contributed by atoms with Gasteiger partial charge in [0.2, 0.25) is 0 Å². The topological polar surface area (TPSA) is 119 Å². The van der Waals surface area contributed by atoms with E-state index >= 15 is 0 Å². The number of aliphatic hydroxyl groups excluding tert-OH is 2. The van der Waals surface area contributed by atoms with Crippen molar-refractivity contribution in [1.29, 1.82) is 0 Å². The van der Waals surface area contributed by atoms with Crippen LogP contribution in [-0.2, 0) is 0 Å². The van der Waals surface area contributed by atoms with E-state index in [1.807, 2.05) is 42.5 Å². The number of nitrogens with zero attached hydrogens (tertiary/aromatic N) is 1. The van der Waals surface area contributed by atoms with Crippen LogP contribution in [0, 0.1) is 11.8 Å². The number of hydrogen-bond donors (Lipinski definition) is 3. The lowest BCUT2D eigenvalue weighted by Gasteiger charge is -2.30. The van der Waals surface area contributed by atoms with E-state index in [4.69, 9.17) is 23.9 Å². The number of hydrogen-bond acceptors (Lipinski definition) is 9. The Morgan fingerprint density at radius 3 is 2.47 bits per heavy atom. The molecule has 2 heterocycles. The zero-order valence-electron chi connectivity index (χ0n) is 24.6. The average Bonchev–Trinajstić information content (AvgIpc) is 3.04. The number of fused-ring (bicyclic) bond motifs is 1. The van der Waals surface area contributed by atoms with Crippen LogP contribution in [-0.4, -0.2) is 68.3 Å². The van der Waals surface area contributed by atoms with Gasteiger partial charge in [-0.1, -0.05) is 6.07 Å². The first-order valence-electron chi connectivity index (χ1n) is 15.0. The van der Waals surface area contributed by atoms with Crippen LogP contribution in [0.2, 0.25) is 0 Å². The van der Waals surface area contributed by atoms with Gasteiger partial charge in [0.1, 0.15) is 42.0 Å². The van der Waals surface area contributed by atoms with Gasteiger partial charge in [-0.2, -0.15) is 0 Å². The molecule has 2 unspecified atom stereocenters. The fourth-order valence-corrected chi connectivity index (χ4v) is 5.78. The molecule has 3 aromatic carbocycles. The van der Waals surface area contributed by atoms with E-state index in [0.29, 0.717) is 58.8 Å². The van der Waals surface area contributed by atoms with Gasteiger partial charge in [0, 0.05) is 35.6 Å². The first-order chi connectivity index (χ1) is 21.1. The van der Waals surface area contributed by atoms with Crippen LogP contribution in [0.4, 0.5) is 5.69 Å². The number of ketones is 1. The van der Waals surface area contributed by atoms with Gasteiger partial charge in [0.05, 0.1) is 31.7 Å². The highest BCUT2D eigenvalue weighted by molar-refractivity contribution is 6.09. The van der Waals surface area contributed by atoms with E-state index in [2.05, 4.69) is 5.32 Å². The van der Waals surface area contributed by atoms with E-state index < -0.39 is 0 Å². The second-order valence-corrected chi connectivity index (χ2v) is 10.9. The summed E-state index contributed by atoms with van der Waals surface area (Å²) in [5.74, 6) is 3.46. The molecule has 1 saturated heterocycles. The third-order valence-electron chi connectivity index (χ3n) is 7.85. The number of nitrogens with one attached hydrogen (secondary N) is 1. The standard InChI is InChI=1S/C34H40N2O7/c1-40-25-5-2-6-27(19-25)43-28-9-11-31-30(20-28)32(39)12-7-24(18-23-4-3-13-35-22-23)34(36-31)29-10-8-26(41-16-14-37)21-33(29)42-17-15-38/h2,5-6,8-11,19-21,23-24,35,37-38H,3-4,7,12-18,22H2,1H3. The second-order valence-electron chi connectivity index (χ2n) is 10.9. The Labute approximate surface area is 252 Å². The molecule has 0 aromatic heterocycles. The molecule has 1 fully saturated rings. The summed E-state index contributed by atoms with van der Waals surface area (Å²) in [6.07, 6.45) is 4.19. The van der Waals surface area contributed by atoms with Crippen LogP contribution in [0.3, 0.4) is 0 Å². The van der Waals surface area contributed by atoms with Gasteiger partial charge in [-0.3, -0.25) is 9.79 Å². The predicted octanol–water partition coefficient (Wildman–Crippen LogP) is 5.33. The van der Waals surface area contributed by atoms with Crippen molar-refractivity contribution in [3.8, 4) is 28.7 Å². The summed E-state index contributed by atoms with van der Waals surface area (Å²) in [5, 5.41) is 22.3. The molecule has 0 amide bonds. The number of carbonyl (C=O) groups is 1. The average molecular weight is 589 g/mol. The SMILES string of the molecule is COc1cccc(Oc2ccc3c(c2)C(=O)CCC(CC2CCCNC2)C(c2ccc(OCCO)cc2OCCO)=N3)c1. The lowest BCUT2D eigenvalue weighted by atomic mass is 9.80. The number of rotatable bonds is 12. The van der Waals surface area contributed by atoms with Crippen molar-refractivity contribution in [2.24, 2.45) is 16.8 Å². The van der Waals surface area contributed by atoms with E-state index in [1.165, 1.54) is 0 Å². The van der Waals surface area contributed by atoms with Crippen LogP contribution in [0.15, 0.2) is 65.7 Å². The fraction of sp³-hybridized carbons (Fsp3) is 0.412. The maximum atomic E-state index is 13.6. The van der Waals surface area contributed by atoms with E-state index in [-0.39, 0.29) is 38.1 Å². The molecule has 3 aromatic rings. The highest BCUT2D eigenvalue weighted by Gasteiger charge is 2.29. The first-order valence-corrected chi connectivity index (χ1v) is 15.0. The largest absolute Gasteiger partial charge is 0.497 e. The minimum absolute atomic E-state index is 0.0235. The molecule has 3 N–H and O–H groups in total. The molecule has 2 aliphatic rings. The van der Waals surface area contributed by atoms with Crippen molar-refractivity contribution >= 4 is 17.2 Å². The van der Waals surface area contributed by atoms with Crippen molar-refractivity contribution in [3.05, 3.63) is 71.8 Å². The maximum Gasteiger partial charge on any atom is 0.165 e. The zero-order valence-corrected chi connectivity index (χ0v) is 24.6. The van der Waals surface area contributed by atoms with Crippen molar-refractivity contribution < 1.29 is 34.0 Å². The monoisotopic (exact) mass is 588 g/mol. The van der Waals surface area contributed by atoms with Gasteiger partial charge in [-0.25, -0.2) is 0 Å². The molecule has 0 spiro atoms. The second kappa shape index (κ2) is 15.0. The smallest absolute Gasteiger partial charge is 0.165 e. The number of benzene rings is 3. The minimum atomic E-state index is -0.141. The molecular weight excluding hydrogens is 548 g/mol. The molecule has 0 bridgehead atoms. The summed E-state index contributed by atoms with van der Waals surface area (Å²) in [6, 6.07) is 18.3. The molecule has 228 valence electrons. The molecule has 0 saturated carbocycles. The Bertz CT molecular complexity index is 1420. The van der Waals surface area contributed by atoms with E-state index in [1.54, 1.807) is 25.3 Å². The Balaban J connectivity index is 1.55. The summed E-state index contributed by atoms with van der Waals surface area (Å²) in [7, 11) is 1.60. The normalized spacial score (nSPS) is 18.6. The number of methoxy groups -OCH3 is 1. The maximum absolute atomic E-state index is 13.6. The van der Waals surface area contributed by atoms with Crippen molar-refractivity contribution in [2.75, 3.05) is 46.6 Å². The Kier molecular flexibility index (Phi) is 10.7. The highest BCUT2D eigenvalue weighted by atomic mass is 16.5. The van der Waals surface area contributed by atoms with Gasteiger partial charge in [0.15, 0.2) is 5.78 Å². The van der Waals surface area contributed by atoms with Gasteiger partial charge in [0.25, 0.3) is 0 Å². The van der Waals surface area contributed by atoms with Crippen LogP contribution in [0.25, 0.3) is 0 Å². The van der Waals surface area contributed by atoms with E-state index in [0.717, 1.165) is 43.6 Å². The Morgan fingerprint density at radius 1 is 0.884 bits per heavy atom. The molecule has 2 aliphatic heterocycles. The Morgan fingerprint density at radius 2 is 1.67 bits per heavy atom. The molecular formula is C34H40N2O7. The summed E-state index contributed by atoms with van der Waals surface area (Å²) in [5.41, 5.74) is 2.74. The number of carbonyl (C=O) groups excluding carboxylic acids is 1. The quantitative estimate of drug-likeness (QED) is 0.260. The minimum Gasteiger partial charge on any atom is -0.497 e. The van der Waals surface area contributed by atoms with Crippen LogP contribution >= 0.6 is 0 Å². The lowest BCUT2D eigenvalue weighted by molar-refractivity contribution is 0.0975. The third kappa shape index (κ3) is 7.93. The zero-order chi connectivity index (χ0) is 30.0. The molecule has 9 heteroatoms. The van der Waals surface area contributed by atoms with Gasteiger partial charge in [-0.05, 0) is 87.2 Å². The number of aliphatic hydroxyl groups is 2. The number of aliphatic imine (C=N–C) groups is 1. The molecule has 9 nitrogen and oxygen atoms in total. The molecule has 0 radical (unpaired) electrons. The molecule has 2 atom stereocenters. The summed E-state index contributed by atoms with van der Waals surface area (Å²) >= 11 is 0. The molecule has 43 heavy (non-hydrogen) atoms. The lowest BCUT2D eigenvalue weighted by Crippen LogP contribution is -2.33. The van der Waals surface area contributed by atoms with Crippen molar-refractivity contribution in [1.82, 2.24) is 5.32 Å². The predicted molar refractivity (Wildman–Crippen MR) is 165 cm³/mol. The van der Waals surface area contributed by atoms with Gasteiger partial charge >= 0.3 is 0 Å². The van der Waals surface area contributed by atoms with Crippen molar-refractivity contribution in [3.63, 3.8) is 0 Å². The molecule has 0 aliphatic carbocycles.